The summed E-state index contributed by atoms with van der Waals surface area (Å²) in [6, 6.07) is 11.9. The van der Waals surface area contributed by atoms with Crippen LogP contribution in [0.1, 0.15) is 25.7 Å². The van der Waals surface area contributed by atoms with Crippen molar-refractivity contribution in [1.29, 1.82) is 0 Å². The fourth-order valence-corrected chi connectivity index (χ4v) is 3.83. The van der Waals surface area contributed by atoms with E-state index >= 15 is 0 Å². The number of nitrogens with one attached hydrogen (secondary N) is 1. The molecule has 0 saturated heterocycles. The maximum absolute atomic E-state index is 9.65. The van der Waals surface area contributed by atoms with E-state index in [9.17, 15) is 5.11 Å². The van der Waals surface area contributed by atoms with Gasteiger partial charge in [0.25, 0.3) is 0 Å². The second-order valence-electron chi connectivity index (χ2n) is 6.93. The van der Waals surface area contributed by atoms with E-state index in [1.54, 1.807) is 7.11 Å². The number of aromatic nitrogens is 2. The van der Waals surface area contributed by atoms with Gasteiger partial charge in [-0.2, -0.15) is 0 Å². The summed E-state index contributed by atoms with van der Waals surface area (Å²) < 4.78 is 5.60. The van der Waals surface area contributed by atoms with Gasteiger partial charge in [-0.25, -0.2) is 9.97 Å². The van der Waals surface area contributed by atoms with Crippen LogP contribution in [-0.2, 0) is 0 Å². The summed E-state index contributed by atoms with van der Waals surface area (Å²) in [6.07, 6.45) is 5.14. The Hall–Kier alpha value is -2.37. The van der Waals surface area contributed by atoms with Gasteiger partial charge in [-0.3, -0.25) is 0 Å². The third kappa shape index (κ3) is 3.84. The number of hydrogen-bond donors (Lipinski definition) is 2. The van der Waals surface area contributed by atoms with E-state index < -0.39 is 0 Å². The molecular formula is C21H22ClN3O2. The van der Waals surface area contributed by atoms with Gasteiger partial charge in [0.05, 0.1) is 18.7 Å². The lowest BCUT2D eigenvalue weighted by Gasteiger charge is -2.26. The van der Waals surface area contributed by atoms with Crippen molar-refractivity contribution in [3.8, 4) is 16.9 Å². The molecule has 0 bridgehead atoms. The molecule has 6 heteroatoms. The summed E-state index contributed by atoms with van der Waals surface area (Å²) in [7, 11) is 1.65. The van der Waals surface area contributed by atoms with Crippen molar-refractivity contribution in [2.45, 2.75) is 37.8 Å². The monoisotopic (exact) mass is 383 g/mol. The Morgan fingerprint density at radius 1 is 1.11 bits per heavy atom. The molecule has 0 unspecified atom stereocenters. The number of rotatable bonds is 4. The number of aliphatic hydroxyl groups excluding tert-OH is 1. The van der Waals surface area contributed by atoms with Crippen LogP contribution in [0.2, 0.25) is 5.02 Å². The van der Waals surface area contributed by atoms with Gasteiger partial charge in [0.1, 0.15) is 5.75 Å². The van der Waals surface area contributed by atoms with Gasteiger partial charge in [0.15, 0.2) is 0 Å². The highest BCUT2D eigenvalue weighted by atomic mass is 35.5. The lowest BCUT2D eigenvalue weighted by atomic mass is 9.93. The van der Waals surface area contributed by atoms with E-state index in [2.05, 4.69) is 15.3 Å². The SMILES string of the molecule is COc1cc2nc(N[C@H]3CC[C@H](O)CC3)ncc2cc1-c1ccccc1Cl. The van der Waals surface area contributed by atoms with Crippen LogP contribution in [0.25, 0.3) is 22.0 Å². The lowest BCUT2D eigenvalue weighted by Crippen LogP contribution is -2.28. The van der Waals surface area contributed by atoms with Crippen LogP contribution in [-0.4, -0.2) is 34.3 Å². The molecule has 1 saturated carbocycles. The third-order valence-corrected chi connectivity index (χ3v) is 5.42. The molecule has 1 aliphatic carbocycles. The molecule has 0 amide bonds. The van der Waals surface area contributed by atoms with E-state index in [4.69, 9.17) is 16.3 Å². The fraction of sp³-hybridized carbons (Fsp3) is 0.333. The number of fused-ring (bicyclic) bond motifs is 1. The van der Waals surface area contributed by atoms with Crippen LogP contribution in [0.4, 0.5) is 5.95 Å². The Kier molecular flexibility index (Phi) is 5.14. The predicted octanol–water partition coefficient (Wildman–Crippen LogP) is 4.67. The number of aliphatic hydroxyl groups is 1. The molecular weight excluding hydrogens is 362 g/mol. The number of anilines is 1. The average Bonchev–Trinajstić information content (AvgIpc) is 2.69. The van der Waals surface area contributed by atoms with Crippen LogP contribution in [0.15, 0.2) is 42.6 Å². The van der Waals surface area contributed by atoms with Crippen LogP contribution < -0.4 is 10.1 Å². The molecule has 1 aliphatic rings. The van der Waals surface area contributed by atoms with E-state index in [1.165, 1.54) is 0 Å². The Morgan fingerprint density at radius 3 is 2.63 bits per heavy atom. The van der Waals surface area contributed by atoms with Gasteiger partial charge in [-0.05, 0) is 37.8 Å². The molecule has 4 rings (SSSR count). The number of halogens is 1. The minimum atomic E-state index is -0.173. The Morgan fingerprint density at radius 2 is 1.89 bits per heavy atom. The Balaban J connectivity index is 1.67. The molecule has 1 aromatic heterocycles. The third-order valence-electron chi connectivity index (χ3n) is 5.10. The van der Waals surface area contributed by atoms with Crippen molar-refractivity contribution in [2.75, 3.05) is 12.4 Å². The number of nitrogens with zero attached hydrogens (tertiary/aromatic N) is 2. The molecule has 27 heavy (non-hydrogen) atoms. The molecule has 140 valence electrons. The largest absolute Gasteiger partial charge is 0.496 e. The molecule has 1 heterocycles. The normalized spacial score (nSPS) is 19.8. The van der Waals surface area contributed by atoms with Gasteiger partial charge in [0.2, 0.25) is 5.95 Å². The zero-order chi connectivity index (χ0) is 18.8. The minimum Gasteiger partial charge on any atom is -0.496 e. The zero-order valence-corrected chi connectivity index (χ0v) is 15.9. The molecule has 0 spiro atoms. The predicted molar refractivity (Wildman–Crippen MR) is 108 cm³/mol. The van der Waals surface area contributed by atoms with Gasteiger partial charge < -0.3 is 15.2 Å². The molecule has 5 nitrogen and oxygen atoms in total. The van der Waals surface area contributed by atoms with E-state index in [-0.39, 0.29) is 6.10 Å². The summed E-state index contributed by atoms with van der Waals surface area (Å²) in [5, 5.41) is 14.6. The maximum atomic E-state index is 9.65. The first-order valence-corrected chi connectivity index (χ1v) is 9.56. The van der Waals surface area contributed by atoms with Crippen molar-refractivity contribution in [2.24, 2.45) is 0 Å². The van der Waals surface area contributed by atoms with Gasteiger partial charge in [0, 0.05) is 39.8 Å². The van der Waals surface area contributed by atoms with Crippen molar-refractivity contribution >= 4 is 28.5 Å². The molecule has 2 aromatic carbocycles. The number of methoxy groups -OCH3 is 1. The fourth-order valence-electron chi connectivity index (χ4n) is 3.59. The summed E-state index contributed by atoms with van der Waals surface area (Å²) in [6.45, 7) is 0. The minimum absolute atomic E-state index is 0.173. The smallest absolute Gasteiger partial charge is 0.223 e. The van der Waals surface area contributed by atoms with Crippen LogP contribution in [0, 0.1) is 0 Å². The van der Waals surface area contributed by atoms with Crippen LogP contribution >= 0.6 is 11.6 Å². The molecule has 0 aliphatic heterocycles. The first-order chi connectivity index (χ1) is 13.1. The molecule has 1 fully saturated rings. The standard InChI is InChI=1S/C21H22ClN3O2/c1-27-20-11-19-13(10-17(20)16-4-2-3-5-18(16)22)12-23-21(25-19)24-14-6-8-15(26)9-7-14/h2-5,10-12,14-15,26H,6-9H2,1H3,(H,23,24,25)/t14-,15-. The Bertz CT molecular complexity index is 955. The molecule has 0 radical (unpaired) electrons. The number of benzene rings is 2. The highest BCUT2D eigenvalue weighted by molar-refractivity contribution is 6.33. The first-order valence-electron chi connectivity index (χ1n) is 9.18. The van der Waals surface area contributed by atoms with Crippen molar-refractivity contribution < 1.29 is 9.84 Å². The highest BCUT2D eigenvalue weighted by Crippen LogP contribution is 2.37. The van der Waals surface area contributed by atoms with Crippen molar-refractivity contribution in [1.82, 2.24) is 9.97 Å². The summed E-state index contributed by atoms with van der Waals surface area (Å²) in [5.41, 5.74) is 2.65. The van der Waals surface area contributed by atoms with Crippen LogP contribution in [0.3, 0.4) is 0 Å². The van der Waals surface area contributed by atoms with E-state index in [0.29, 0.717) is 17.0 Å². The van der Waals surface area contributed by atoms with Gasteiger partial charge in [-0.15, -0.1) is 0 Å². The Labute approximate surface area is 163 Å². The summed E-state index contributed by atoms with van der Waals surface area (Å²) >= 11 is 6.37. The molecule has 3 aromatic rings. The average molecular weight is 384 g/mol. The van der Waals surface area contributed by atoms with Crippen molar-refractivity contribution in [3.63, 3.8) is 0 Å². The number of hydrogen-bond acceptors (Lipinski definition) is 5. The zero-order valence-electron chi connectivity index (χ0n) is 15.2. The van der Waals surface area contributed by atoms with Gasteiger partial charge in [-0.1, -0.05) is 29.8 Å². The van der Waals surface area contributed by atoms with E-state index in [1.807, 2.05) is 42.6 Å². The van der Waals surface area contributed by atoms with Crippen LogP contribution in [0.5, 0.6) is 5.75 Å². The number of ether oxygens (including phenoxy) is 1. The first kappa shape index (κ1) is 18.0. The van der Waals surface area contributed by atoms with Gasteiger partial charge >= 0.3 is 0 Å². The second-order valence-corrected chi connectivity index (χ2v) is 7.34. The quantitative estimate of drug-likeness (QED) is 0.685. The van der Waals surface area contributed by atoms with Crippen molar-refractivity contribution in [3.05, 3.63) is 47.6 Å². The highest BCUT2D eigenvalue weighted by Gasteiger charge is 2.20. The summed E-state index contributed by atoms with van der Waals surface area (Å²) in [4.78, 5) is 9.13. The maximum Gasteiger partial charge on any atom is 0.223 e. The topological polar surface area (TPSA) is 67.3 Å². The second kappa shape index (κ2) is 7.71. The van der Waals surface area contributed by atoms with E-state index in [0.717, 1.165) is 53.5 Å². The summed E-state index contributed by atoms with van der Waals surface area (Å²) in [5.74, 6) is 1.33. The molecule has 2 N–H and O–H groups in total. The molecule has 0 atom stereocenters. The lowest BCUT2D eigenvalue weighted by molar-refractivity contribution is 0.126.